The minimum absolute atomic E-state index is 0.120. The number of halogens is 3. The number of hydrogen-bond acceptors (Lipinski definition) is 2. The Balaban J connectivity index is 4.37. The SMILES string of the molecule is CC(C)CC(C)(CN)NC(=O)CC(F)(F)F. The van der Waals surface area contributed by atoms with Gasteiger partial charge in [0.2, 0.25) is 5.91 Å². The number of carbonyl (C=O) groups is 1. The van der Waals surface area contributed by atoms with Crippen LogP contribution in [0.25, 0.3) is 0 Å². The van der Waals surface area contributed by atoms with Crippen molar-refractivity contribution in [1.29, 1.82) is 0 Å². The quantitative estimate of drug-likeness (QED) is 0.770. The Hall–Kier alpha value is -0.780. The molecule has 0 aliphatic carbocycles. The summed E-state index contributed by atoms with van der Waals surface area (Å²) >= 11 is 0. The number of amides is 1. The molecule has 0 heterocycles. The minimum atomic E-state index is -4.47. The van der Waals surface area contributed by atoms with Gasteiger partial charge in [-0.1, -0.05) is 13.8 Å². The molecule has 0 aromatic rings. The normalized spacial score (nSPS) is 16.0. The van der Waals surface area contributed by atoms with Crippen molar-refractivity contribution in [2.24, 2.45) is 11.7 Å². The third-order valence-corrected chi connectivity index (χ3v) is 2.11. The Morgan fingerprint density at radius 3 is 2.19 bits per heavy atom. The van der Waals surface area contributed by atoms with Crippen molar-refractivity contribution >= 4 is 5.91 Å². The summed E-state index contributed by atoms with van der Waals surface area (Å²) in [4.78, 5) is 11.1. The van der Waals surface area contributed by atoms with Gasteiger partial charge in [-0.05, 0) is 19.3 Å². The molecule has 6 heteroatoms. The van der Waals surface area contributed by atoms with Crippen LogP contribution in [0, 0.1) is 5.92 Å². The van der Waals surface area contributed by atoms with Gasteiger partial charge in [-0.25, -0.2) is 0 Å². The molecule has 0 fully saturated rings. The summed E-state index contributed by atoms with van der Waals surface area (Å²) in [5.41, 5.74) is 4.70. The molecule has 3 nitrogen and oxygen atoms in total. The molecule has 1 unspecified atom stereocenters. The lowest BCUT2D eigenvalue weighted by Gasteiger charge is -2.31. The molecular weight excluding hydrogens is 221 g/mol. The maximum atomic E-state index is 12.0. The van der Waals surface area contributed by atoms with E-state index >= 15 is 0 Å². The molecule has 3 N–H and O–H groups in total. The number of alkyl halides is 3. The van der Waals surface area contributed by atoms with Gasteiger partial charge in [0.05, 0.1) is 0 Å². The van der Waals surface area contributed by atoms with E-state index < -0.39 is 24.0 Å². The van der Waals surface area contributed by atoms with Crippen LogP contribution >= 0.6 is 0 Å². The molecule has 0 aromatic heterocycles. The van der Waals surface area contributed by atoms with Gasteiger partial charge in [0.1, 0.15) is 6.42 Å². The van der Waals surface area contributed by atoms with Crippen LogP contribution in [0.4, 0.5) is 13.2 Å². The number of nitrogens with one attached hydrogen (secondary N) is 1. The number of rotatable bonds is 5. The highest BCUT2D eigenvalue weighted by atomic mass is 19.4. The second-order valence-corrected chi connectivity index (χ2v) is 4.70. The van der Waals surface area contributed by atoms with Gasteiger partial charge < -0.3 is 11.1 Å². The van der Waals surface area contributed by atoms with Crippen molar-refractivity contribution in [2.75, 3.05) is 6.54 Å². The molecule has 96 valence electrons. The predicted octanol–water partition coefficient (Wildman–Crippen LogP) is 1.82. The van der Waals surface area contributed by atoms with E-state index in [2.05, 4.69) is 5.32 Å². The van der Waals surface area contributed by atoms with Crippen molar-refractivity contribution in [1.82, 2.24) is 5.32 Å². The van der Waals surface area contributed by atoms with Crippen LogP contribution in [-0.2, 0) is 4.79 Å². The molecule has 0 aliphatic heterocycles. The highest BCUT2D eigenvalue weighted by Crippen LogP contribution is 2.21. The van der Waals surface area contributed by atoms with Gasteiger partial charge in [0, 0.05) is 12.1 Å². The van der Waals surface area contributed by atoms with Crippen molar-refractivity contribution < 1.29 is 18.0 Å². The van der Waals surface area contributed by atoms with Gasteiger partial charge in [0.25, 0.3) is 0 Å². The average Bonchev–Trinajstić information content (AvgIpc) is 1.98. The van der Waals surface area contributed by atoms with Crippen LogP contribution in [0.5, 0.6) is 0 Å². The van der Waals surface area contributed by atoms with E-state index in [4.69, 9.17) is 5.73 Å². The summed E-state index contributed by atoms with van der Waals surface area (Å²) in [6, 6.07) is 0. The largest absolute Gasteiger partial charge is 0.397 e. The second-order valence-electron chi connectivity index (χ2n) is 4.70. The zero-order valence-corrected chi connectivity index (χ0v) is 9.82. The zero-order valence-electron chi connectivity index (χ0n) is 9.82. The summed E-state index contributed by atoms with van der Waals surface area (Å²) in [6.45, 7) is 5.61. The van der Waals surface area contributed by atoms with Crippen LogP contribution in [0.3, 0.4) is 0 Å². The number of carbonyl (C=O) groups excluding carboxylic acids is 1. The molecule has 16 heavy (non-hydrogen) atoms. The smallest absolute Gasteiger partial charge is 0.349 e. The molecule has 0 saturated carbocycles. The first-order valence-corrected chi connectivity index (χ1v) is 5.16. The zero-order chi connectivity index (χ0) is 13.0. The number of nitrogens with two attached hydrogens (primary N) is 1. The lowest BCUT2D eigenvalue weighted by atomic mass is 9.90. The maximum Gasteiger partial charge on any atom is 0.397 e. The van der Waals surface area contributed by atoms with Crippen molar-refractivity contribution in [3.05, 3.63) is 0 Å². The Morgan fingerprint density at radius 1 is 1.38 bits per heavy atom. The number of hydrogen-bond donors (Lipinski definition) is 2. The molecule has 1 atom stereocenters. The third kappa shape index (κ3) is 6.66. The van der Waals surface area contributed by atoms with E-state index in [1.165, 1.54) is 0 Å². The van der Waals surface area contributed by atoms with E-state index in [0.29, 0.717) is 6.42 Å². The first-order valence-electron chi connectivity index (χ1n) is 5.16. The summed E-state index contributed by atoms with van der Waals surface area (Å²) in [7, 11) is 0. The summed E-state index contributed by atoms with van der Waals surface area (Å²) in [6.07, 6.45) is -5.38. The lowest BCUT2D eigenvalue weighted by molar-refractivity contribution is -0.155. The fourth-order valence-electron chi connectivity index (χ4n) is 1.65. The fraction of sp³-hybridized carbons (Fsp3) is 0.900. The lowest BCUT2D eigenvalue weighted by Crippen LogP contribution is -2.52. The molecule has 0 saturated heterocycles. The second kappa shape index (κ2) is 5.52. The van der Waals surface area contributed by atoms with E-state index in [0.717, 1.165) is 0 Å². The molecule has 0 rings (SSSR count). The Morgan fingerprint density at radius 2 is 1.88 bits per heavy atom. The van der Waals surface area contributed by atoms with Crippen LogP contribution in [0.1, 0.15) is 33.6 Å². The molecule has 0 aromatic carbocycles. The molecule has 0 spiro atoms. The Kier molecular flexibility index (Phi) is 5.25. The molecule has 0 radical (unpaired) electrons. The van der Waals surface area contributed by atoms with Crippen LogP contribution in [0.15, 0.2) is 0 Å². The standard InChI is InChI=1S/C10H19F3N2O/c1-7(2)4-9(3,6-14)15-8(16)5-10(11,12)13/h7H,4-6,14H2,1-3H3,(H,15,16). The van der Waals surface area contributed by atoms with E-state index in [1.807, 2.05) is 13.8 Å². The highest BCUT2D eigenvalue weighted by Gasteiger charge is 2.34. The Bertz CT molecular complexity index is 241. The van der Waals surface area contributed by atoms with Crippen molar-refractivity contribution in [3.63, 3.8) is 0 Å². The summed E-state index contributed by atoms with van der Waals surface area (Å²) < 4.78 is 35.9. The summed E-state index contributed by atoms with van der Waals surface area (Å²) in [5, 5.41) is 2.35. The fourth-order valence-corrected chi connectivity index (χ4v) is 1.65. The third-order valence-electron chi connectivity index (χ3n) is 2.11. The van der Waals surface area contributed by atoms with Gasteiger partial charge >= 0.3 is 6.18 Å². The van der Waals surface area contributed by atoms with E-state index in [9.17, 15) is 18.0 Å². The molecule has 0 bridgehead atoms. The monoisotopic (exact) mass is 240 g/mol. The van der Waals surface area contributed by atoms with Gasteiger partial charge in [0.15, 0.2) is 0 Å². The van der Waals surface area contributed by atoms with E-state index in [1.54, 1.807) is 6.92 Å². The first kappa shape index (κ1) is 15.2. The first-order chi connectivity index (χ1) is 7.08. The van der Waals surface area contributed by atoms with Crippen molar-refractivity contribution in [3.8, 4) is 0 Å². The molecule has 1 amide bonds. The van der Waals surface area contributed by atoms with Crippen LogP contribution in [0.2, 0.25) is 0 Å². The maximum absolute atomic E-state index is 12.0. The van der Waals surface area contributed by atoms with E-state index in [-0.39, 0.29) is 12.5 Å². The Labute approximate surface area is 93.6 Å². The topological polar surface area (TPSA) is 55.1 Å². The summed E-state index contributed by atoms with van der Waals surface area (Å²) in [5.74, 6) is -0.777. The van der Waals surface area contributed by atoms with Crippen LogP contribution < -0.4 is 11.1 Å². The molecular formula is C10H19F3N2O. The highest BCUT2D eigenvalue weighted by molar-refractivity contribution is 5.77. The predicted molar refractivity (Wildman–Crippen MR) is 55.7 cm³/mol. The molecule has 0 aliphatic rings. The average molecular weight is 240 g/mol. The van der Waals surface area contributed by atoms with Crippen molar-refractivity contribution in [2.45, 2.75) is 45.3 Å². The van der Waals surface area contributed by atoms with Gasteiger partial charge in [-0.3, -0.25) is 4.79 Å². The minimum Gasteiger partial charge on any atom is -0.349 e. The van der Waals surface area contributed by atoms with Gasteiger partial charge in [-0.15, -0.1) is 0 Å². The van der Waals surface area contributed by atoms with Crippen LogP contribution in [-0.4, -0.2) is 24.2 Å². The van der Waals surface area contributed by atoms with Gasteiger partial charge in [-0.2, -0.15) is 13.2 Å².